The standard InChI is InChI=1S/C19H14N2O2S/c1-12-6-2-5-9-16(12)21-18(22)17(24-19(21)23)10-13-11-20-15-8-4-3-7-14(13)15/h2-11,22H,1H3. The number of fused-ring (bicyclic) bond motifs is 1. The number of thiazole rings is 1. The first-order valence-corrected chi connectivity index (χ1v) is 8.33. The Morgan fingerprint density at radius 1 is 1.12 bits per heavy atom. The molecule has 0 saturated carbocycles. The van der Waals surface area contributed by atoms with E-state index in [2.05, 4.69) is 4.99 Å². The van der Waals surface area contributed by atoms with Crippen molar-refractivity contribution < 1.29 is 5.11 Å². The summed E-state index contributed by atoms with van der Waals surface area (Å²) in [5.41, 5.74) is 4.41. The van der Waals surface area contributed by atoms with Crippen LogP contribution in [0.15, 0.2) is 58.3 Å². The molecule has 0 aliphatic carbocycles. The molecule has 1 aliphatic rings. The fourth-order valence-corrected chi connectivity index (χ4v) is 3.63. The summed E-state index contributed by atoms with van der Waals surface area (Å²) in [4.78, 5) is 17.1. The first kappa shape index (κ1) is 14.7. The number of nitrogens with zero attached hydrogens (tertiary/aromatic N) is 2. The molecule has 4 rings (SSSR count). The SMILES string of the molecule is Cc1ccccc1-n1c(O)c(C=C2C=Nc3ccccc32)sc1=O. The third-order valence-corrected chi connectivity index (χ3v) is 4.89. The summed E-state index contributed by atoms with van der Waals surface area (Å²) in [5.74, 6) is -0.0374. The van der Waals surface area contributed by atoms with Crippen LogP contribution in [0.1, 0.15) is 16.0 Å². The average molecular weight is 334 g/mol. The molecule has 5 heteroatoms. The van der Waals surface area contributed by atoms with E-state index in [1.807, 2.05) is 61.5 Å². The summed E-state index contributed by atoms with van der Waals surface area (Å²) in [6.07, 6.45) is 3.57. The lowest BCUT2D eigenvalue weighted by Gasteiger charge is -2.06. The second-order valence-electron chi connectivity index (χ2n) is 5.55. The molecule has 0 bridgehead atoms. The highest BCUT2D eigenvalue weighted by Gasteiger charge is 2.18. The number of aliphatic imine (C=N–C) groups is 1. The van der Waals surface area contributed by atoms with E-state index < -0.39 is 0 Å². The molecule has 1 aromatic heterocycles. The number of hydrogen-bond donors (Lipinski definition) is 1. The molecule has 0 unspecified atom stereocenters. The highest BCUT2D eigenvalue weighted by molar-refractivity contribution is 7.10. The minimum absolute atomic E-state index is 0.0374. The van der Waals surface area contributed by atoms with Gasteiger partial charge in [-0.05, 0) is 30.7 Å². The largest absolute Gasteiger partial charge is 0.493 e. The maximum atomic E-state index is 12.4. The van der Waals surface area contributed by atoms with Gasteiger partial charge >= 0.3 is 4.87 Å². The first-order valence-electron chi connectivity index (χ1n) is 7.51. The first-order chi connectivity index (χ1) is 11.6. The zero-order valence-electron chi connectivity index (χ0n) is 12.9. The van der Waals surface area contributed by atoms with E-state index in [4.69, 9.17) is 0 Å². The third-order valence-electron chi connectivity index (χ3n) is 4.01. The second-order valence-corrected chi connectivity index (χ2v) is 6.55. The molecule has 0 amide bonds. The Kier molecular flexibility index (Phi) is 3.43. The zero-order valence-corrected chi connectivity index (χ0v) is 13.7. The second kappa shape index (κ2) is 5.62. The van der Waals surface area contributed by atoms with Gasteiger partial charge < -0.3 is 5.11 Å². The van der Waals surface area contributed by atoms with Gasteiger partial charge in [-0.3, -0.25) is 9.79 Å². The lowest BCUT2D eigenvalue weighted by molar-refractivity contribution is 0.439. The van der Waals surface area contributed by atoms with Gasteiger partial charge in [-0.1, -0.05) is 47.7 Å². The number of para-hydroxylation sites is 2. The Morgan fingerprint density at radius 3 is 2.71 bits per heavy atom. The Labute approximate surface area is 142 Å². The zero-order chi connectivity index (χ0) is 16.7. The Balaban J connectivity index is 1.84. The number of aromatic hydroxyl groups is 1. The van der Waals surface area contributed by atoms with E-state index in [1.54, 1.807) is 6.21 Å². The van der Waals surface area contributed by atoms with Gasteiger partial charge in [0, 0.05) is 17.4 Å². The summed E-state index contributed by atoms with van der Waals surface area (Å²) >= 11 is 1.03. The number of aromatic nitrogens is 1. The van der Waals surface area contributed by atoms with E-state index in [-0.39, 0.29) is 10.8 Å². The van der Waals surface area contributed by atoms with E-state index in [0.29, 0.717) is 10.6 Å². The number of allylic oxidation sites excluding steroid dienone is 1. The van der Waals surface area contributed by atoms with Crippen molar-refractivity contribution in [1.82, 2.24) is 4.57 Å². The van der Waals surface area contributed by atoms with Crippen molar-refractivity contribution in [3.05, 3.63) is 74.2 Å². The van der Waals surface area contributed by atoms with Gasteiger partial charge in [0.25, 0.3) is 0 Å². The van der Waals surface area contributed by atoms with Crippen LogP contribution in [-0.2, 0) is 0 Å². The molecule has 2 aromatic carbocycles. The van der Waals surface area contributed by atoms with Gasteiger partial charge in [-0.2, -0.15) is 0 Å². The molecule has 1 aliphatic heterocycles. The molecule has 0 radical (unpaired) electrons. The topological polar surface area (TPSA) is 54.6 Å². The van der Waals surface area contributed by atoms with Gasteiger partial charge in [-0.15, -0.1) is 0 Å². The Hall–Kier alpha value is -2.92. The van der Waals surface area contributed by atoms with Gasteiger partial charge in [0.1, 0.15) is 0 Å². The summed E-state index contributed by atoms with van der Waals surface area (Å²) in [6, 6.07) is 15.3. The molecule has 24 heavy (non-hydrogen) atoms. The van der Waals surface area contributed by atoms with Crippen LogP contribution in [-0.4, -0.2) is 15.9 Å². The van der Waals surface area contributed by atoms with Gasteiger partial charge in [-0.25, -0.2) is 4.57 Å². The summed E-state index contributed by atoms with van der Waals surface area (Å²) in [6.45, 7) is 1.91. The number of aryl methyl sites for hydroxylation is 1. The molecule has 2 heterocycles. The van der Waals surface area contributed by atoms with E-state index in [9.17, 15) is 9.90 Å². The minimum Gasteiger partial charge on any atom is -0.493 e. The van der Waals surface area contributed by atoms with Crippen LogP contribution in [0.4, 0.5) is 5.69 Å². The summed E-state index contributed by atoms with van der Waals surface area (Å²) in [7, 11) is 0. The van der Waals surface area contributed by atoms with E-state index in [1.165, 1.54) is 4.57 Å². The number of benzene rings is 2. The van der Waals surface area contributed by atoms with Crippen molar-refractivity contribution in [2.75, 3.05) is 0 Å². The highest BCUT2D eigenvalue weighted by atomic mass is 32.1. The Morgan fingerprint density at radius 2 is 1.88 bits per heavy atom. The molecule has 0 spiro atoms. The van der Waals surface area contributed by atoms with Crippen molar-refractivity contribution in [2.24, 2.45) is 4.99 Å². The summed E-state index contributed by atoms with van der Waals surface area (Å²) < 4.78 is 1.35. The molecule has 0 fully saturated rings. The Bertz CT molecular complexity index is 1060. The van der Waals surface area contributed by atoms with Crippen molar-refractivity contribution >= 4 is 34.9 Å². The lowest BCUT2D eigenvalue weighted by atomic mass is 10.1. The van der Waals surface area contributed by atoms with Crippen LogP contribution >= 0.6 is 11.3 Å². The number of rotatable bonds is 2. The number of hydrogen-bond acceptors (Lipinski definition) is 4. The van der Waals surface area contributed by atoms with Crippen LogP contribution in [0.25, 0.3) is 17.3 Å². The van der Waals surface area contributed by atoms with Crippen molar-refractivity contribution in [3.63, 3.8) is 0 Å². The molecule has 118 valence electrons. The van der Waals surface area contributed by atoms with Crippen molar-refractivity contribution in [1.29, 1.82) is 0 Å². The van der Waals surface area contributed by atoms with Crippen LogP contribution < -0.4 is 4.87 Å². The normalized spacial score (nSPS) is 14.3. The minimum atomic E-state index is -0.211. The van der Waals surface area contributed by atoms with E-state index >= 15 is 0 Å². The fraction of sp³-hybridized carbons (Fsp3) is 0.0526. The van der Waals surface area contributed by atoms with Gasteiger partial charge in [0.15, 0.2) is 0 Å². The molecule has 3 aromatic rings. The van der Waals surface area contributed by atoms with Crippen molar-refractivity contribution in [3.8, 4) is 11.6 Å². The maximum absolute atomic E-state index is 12.4. The molecular weight excluding hydrogens is 320 g/mol. The van der Waals surface area contributed by atoms with Gasteiger partial charge in [0.05, 0.1) is 16.3 Å². The predicted molar refractivity (Wildman–Crippen MR) is 98.8 cm³/mol. The smallest absolute Gasteiger partial charge is 0.315 e. The van der Waals surface area contributed by atoms with Crippen LogP contribution in [0, 0.1) is 6.92 Å². The molecule has 1 N–H and O–H groups in total. The third kappa shape index (κ3) is 2.30. The van der Waals surface area contributed by atoms with Crippen LogP contribution in [0.5, 0.6) is 5.88 Å². The van der Waals surface area contributed by atoms with Crippen LogP contribution in [0.2, 0.25) is 0 Å². The molecule has 4 nitrogen and oxygen atoms in total. The fourth-order valence-electron chi connectivity index (χ4n) is 2.80. The molecule has 0 atom stereocenters. The monoisotopic (exact) mass is 334 g/mol. The highest BCUT2D eigenvalue weighted by Crippen LogP contribution is 2.35. The van der Waals surface area contributed by atoms with E-state index in [0.717, 1.165) is 33.7 Å². The predicted octanol–water partition coefficient (Wildman–Crippen LogP) is 4.17. The van der Waals surface area contributed by atoms with Gasteiger partial charge in [0.2, 0.25) is 5.88 Å². The molecule has 0 saturated heterocycles. The maximum Gasteiger partial charge on any atom is 0.315 e. The average Bonchev–Trinajstić information content (AvgIpc) is 3.11. The van der Waals surface area contributed by atoms with Crippen molar-refractivity contribution in [2.45, 2.75) is 6.92 Å². The lowest BCUT2D eigenvalue weighted by Crippen LogP contribution is -2.10. The summed E-state index contributed by atoms with van der Waals surface area (Å²) in [5, 5.41) is 10.6. The van der Waals surface area contributed by atoms with Crippen LogP contribution in [0.3, 0.4) is 0 Å². The quantitative estimate of drug-likeness (QED) is 0.765. The molecular formula is C19H14N2O2S.